The highest BCUT2D eigenvalue weighted by Gasteiger charge is 2.16. The number of amides is 1. The third-order valence-electron chi connectivity index (χ3n) is 3.28. The minimum Gasteiger partial charge on any atom is -0.379 e. The fourth-order valence-electron chi connectivity index (χ4n) is 2.07. The van der Waals surface area contributed by atoms with Crippen LogP contribution in [0.1, 0.15) is 39.0 Å². The van der Waals surface area contributed by atoms with E-state index in [1.165, 1.54) is 0 Å². The Labute approximate surface area is 115 Å². The van der Waals surface area contributed by atoms with E-state index in [0.717, 1.165) is 25.7 Å². The van der Waals surface area contributed by atoms with E-state index in [-0.39, 0.29) is 5.91 Å². The average molecular weight is 270 g/mol. The molecule has 0 unspecified atom stereocenters. The lowest BCUT2D eigenvalue weighted by atomic mass is 9.87. The van der Waals surface area contributed by atoms with Crippen molar-refractivity contribution in [1.29, 1.82) is 0 Å². The lowest BCUT2D eigenvalue weighted by molar-refractivity contribution is -0.118. The maximum atomic E-state index is 11.5. The van der Waals surface area contributed by atoms with E-state index >= 15 is 0 Å². The summed E-state index contributed by atoms with van der Waals surface area (Å²) in [6, 6.07) is 0.332. The molecule has 0 aromatic carbocycles. The van der Waals surface area contributed by atoms with Gasteiger partial charge < -0.3 is 15.2 Å². The average Bonchev–Trinajstić information content (AvgIpc) is 2.42. The Balaban J connectivity index is 2.03. The summed E-state index contributed by atoms with van der Waals surface area (Å²) in [6.07, 6.45) is 6.30. The number of nitrogens with two attached hydrogens (primary N) is 1. The van der Waals surface area contributed by atoms with Crippen molar-refractivity contribution in [1.82, 2.24) is 0 Å². The molecule has 0 saturated heterocycles. The van der Waals surface area contributed by atoms with Gasteiger partial charge in [-0.15, -0.1) is 0 Å². The van der Waals surface area contributed by atoms with Crippen LogP contribution in [0.3, 0.4) is 0 Å². The molecule has 1 fully saturated rings. The quantitative estimate of drug-likeness (QED) is 0.536. The van der Waals surface area contributed by atoms with Gasteiger partial charge in [-0.3, -0.25) is 4.79 Å². The van der Waals surface area contributed by atoms with E-state index in [2.05, 4.69) is 4.99 Å². The van der Waals surface area contributed by atoms with Gasteiger partial charge in [-0.1, -0.05) is 0 Å². The van der Waals surface area contributed by atoms with Crippen molar-refractivity contribution in [2.75, 3.05) is 26.4 Å². The third-order valence-corrected chi connectivity index (χ3v) is 3.28. The summed E-state index contributed by atoms with van der Waals surface area (Å²) in [5, 5.41) is 0. The van der Waals surface area contributed by atoms with Gasteiger partial charge in [0, 0.05) is 18.9 Å². The van der Waals surface area contributed by atoms with Crippen LogP contribution in [0.2, 0.25) is 0 Å². The molecule has 0 aromatic heterocycles. The Bertz CT molecular complexity index is 274. The summed E-state index contributed by atoms with van der Waals surface area (Å²) in [6.45, 7) is 4.16. The summed E-state index contributed by atoms with van der Waals surface area (Å²) >= 11 is 0. The molecule has 0 bridgehead atoms. The molecule has 1 rings (SSSR count). The van der Waals surface area contributed by atoms with Crippen LogP contribution in [-0.2, 0) is 14.3 Å². The third kappa shape index (κ3) is 8.08. The van der Waals surface area contributed by atoms with Gasteiger partial charge in [0.05, 0.1) is 26.2 Å². The van der Waals surface area contributed by atoms with Gasteiger partial charge in [-0.25, -0.2) is 4.99 Å². The number of hydrogen-bond acceptors (Lipinski definition) is 4. The summed E-state index contributed by atoms with van der Waals surface area (Å²) in [5.74, 6) is 0.314. The van der Waals surface area contributed by atoms with Gasteiger partial charge in [0.1, 0.15) is 0 Å². The number of carbonyl (C=O) groups is 1. The summed E-state index contributed by atoms with van der Waals surface area (Å²) in [7, 11) is 0. The predicted molar refractivity (Wildman–Crippen MR) is 75.4 cm³/mol. The first-order valence-corrected chi connectivity index (χ1v) is 7.20. The van der Waals surface area contributed by atoms with Crippen LogP contribution in [0.4, 0.5) is 0 Å². The number of nitrogens with zero attached hydrogens (tertiary/aromatic N) is 1. The molecule has 0 atom stereocenters. The lowest BCUT2D eigenvalue weighted by Crippen LogP contribution is -2.27. The van der Waals surface area contributed by atoms with Crippen LogP contribution in [0.25, 0.3) is 0 Å². The highest BCUT2D eigenvalue weighted by atomic mass is 16.5. The molecule has 0 radical (unpaired) electrons. The van der Waals surface area contributed by atoms with E-state index in [1.54, 1.807) is 6.21 Å². The predicted octanol–water partition coefficient (Wildman–Crippen LogP) is 1.54. The van der Waals surface area contributed by atoms with Gasteiger partial charge >= 0.3 is 0 Å². The zero-order valence-corrected chi connectivity index (χ0v) is 11.8. The largest absolute Gasteiger partial charge is 0.379 e. The van der Waals surface area contributed by atoms with Crippen molar-refractivity contribution in [3.05, 3.63) is 0 Å². The Kier molecular flexibility index (Phi) is 8.62. The molecule has 0 heterocycles. The first-order valence-electron chi connectivity index (χ1n) is 7.20. The maximum Gasteiger partial charge on any atom is 0.247 e. The van der Waals surface area contributed by atoms with Crippen LogP contribution >= 0.6 is 0 Å². The van der Waals surface area contributed by atoms with Gasteiger partial charge in [-0.05, 0) is 38.5 Å². The summed E-state index contributed by atoms with van der Waals surface area (Å²) in [5.41, 5.74) is 5.83. The highest BCUT2D eigenvalue weighted by molar-refractivity contribution is 5.85. The fourth-order valence-corrected chi connectivity index (χ4v) is 2.07. The van der Waals surface area contributed by atoms with Crippen LogP contribution in [-0.4, -0.2) is 44.6 Å². The molecule has 110 valence electrons. The second-order valence-electron chi connectivity index (χ2n) is 4.91. The molecule has 1 aliphatic carbocycles. The molecular weight excluding hydrogens is 244 g/mol. The van der Waals surface area contributed by atoms with Crippen LogP contribution in [0, 0.1) is 5.92 Å². The lowest BCUT2D eigenvalue weighted by Gasteiger charge is -2.22. The van der Waals surface area contributed by atoms with Crippen molar-refractivity contribution in [2.45, 2.75) is 45.1 Å². The number of rotatable bonds is 8. The van der Waals surface area contributed by atoms with Crippen molar-refractivity contribution in [3.63, 3.8) is 0 Å². The number of ether oxygens (including phenoxy) is 2. The molecule has 1 amide bonds. The van der Waals surface area contributed by atoms with Crippen molar-refractivity contribution in [2.24, 2.45) is 16.6 Å². The molecular formula is C14H26N2O3. The van der Waals surface area contributed by atoms with E-state index in [0.29, 0.717) is 44.8 Å². The number of aliphatic imine (C=N–C) groups is 1. The Hall–Kier alpha value is -0.780. The normalized spacial score (nSPS) is 23.9. The van der Waals surface area contributed by atoms with Gasteiger partial charge in [0.2, 0.25) is 5.91 Å². The zero-order valence-electron chi connectivity index (χ0n) is 11.8. The molecule has 5 heteroatoms. The summed E-state index contributed by atoms with van der Waals surface area (Å²) in [4.78, 5) is 15.5. The SMILES string of the molecule is CCOCCOCCC(=O)N=CC1CCC(N)CC1. The Morgan fingerprint density at radius 2 is 1.89 bits per heavy atom. The van der Waals surface area contributed by atoms with Crippen LogP contribution in [0.5, 0.6) is 0 Å². The molecule has 5 nitrogen and oxygen atoms in total. The second kappa shape index (κ2) is 10.1. The van der Waals surface area contributed by atoms with E-state index in [1.807, 2.05) is 6.92 Å². The Morgan fingerprint density at radius 3 is 2.58 bits per heavy atom. The maximum absolute atomic E-state index is 11.5. The molecule has 1 saturated carbocycles. The van der Waals surface area contributed by atoms with Gasteiger partial charge in [0.15, 0.2) is 0 Å². The van der Waals surface area contributed by atoms with Crippen LogP contribution < -0.4 is 5.73 Å². The minimum absolute atomic E-state index is 0.105. The first kappa shape index (κ1) is 16.3. The smallest absolute Gasteiger partial charge is 0.247 e. The first-order chi connectivity index (χ1) is 9.22. The monoisotopic (exact) mass is 270 g/mol. The van der Waals surface area contributed by atoms with Gasteiger partial charge in [-0.2, -0.15) is 0 Å². The Morgan fingerprint density at radius 1 is 1.21 bits per heavy atom. The zero-order chi connectivity index (χ0) is 13.9. The molecule has 2 N–H and O–H groups in total. The molecule has 19 heavy (non-hydrogen) atoms. The van der Waals surface area contributed by atoms with Crippen molar-refractivity contribution in [3.8, 4) is 0 Å². The summed E-state index contributed by atoms with van der Waals surface area (Å²) < 4.78 is 10.4. The number of hydrogen-bond donors (Lipinski definition) is 1. The van der Waals surface area contributed by atoms with E-state index < -0.39 is 0 Å². The van der Waals surface area contributed by atoms with E-state index in [4.69, 9.17) is 15.2 Å². The van der Waals surface area contributed by atoms with Crippen molar-refractivity contribution >= 4 is 12.1 Å². The van der Waals surface area contributed by atoms with Gasteiger partial charge in [0.25, 0.3) is 0 Å². The van der Waals surface area contributed by atoms with E-state index in [9.17, 15) is 4.79 Å². The fraction of sp³-hybridized carbons (Fsp3) is 0.857. The molecule has 0 aliphatic heterocycles. The molecule has 1 aliphatic rings. The topological polar surface area (TPSA) is 73.9 Å². The second-order valence-corrected chi connectivity index (χ2v) is 4.91. The minimum atomic E-state index is -0.105. The molecule has 0 spiro atoms. The molecule has 0 aromatic rings. The number of carbonyl (C=O) groups excluding carboxylic acids is 1. The van der Waals surface area contributed by atoms with Crippen molar-refractivity contribution < 1.29 is 14.3 Å². The standard InChI is InChI=1S/C14H26N2O3/c1-2-18-9-10-19-8-7-14(17)16-11-12-3-5-13(15)6-4-12/h11-13H,2-10,15H2,1H3. The van der Waals surface area contributed by atoms with Crippen LogP contribution in [0.15, 0.2) is 4.99 Å². The highest BCUT2D eigenvalue weighted by Crippen LogP contribution is 2.21.